The molecule has 0 aromatic heterocycles. The third-order valence-corrected chi connectivity index (χ3v) is 2.47. The van der Waals surface area contributed by atoms with Gasteiger partial charge in [0.15, 0.2) is 0 Å². The third-order valence-electron chi connectivity index (χ3n) is 2.47. The van der Waals surface area contributed by atoms with Gasteiger partial charge in [-0.2, -0.15) is 0 Å². The fourth-order valence-electron chi connectivity index (χ4n) is 1.52. The first kappa shape index (κ1) is 14.9. The van der Waals surface area contributed by atoms with Crippen LogP contribution >= 0.6 is 0 Å². The van der Waals surface area contributed by atoms with E-state index in [4.69, 9.17) is 15.9 Å². The van der Waals surface area contributed by atoms with E-state index < -0.39 is 37.2 Å². The molecule has 3 amide bonds. The van der Waals surface area contributed by atoms with Crippen LogP contribution in [0.15, 0.2) is 30.3 Å². The molecule has 0 aliphatic heterocycles. The summed E-state index contributed by atoms with van der Waals surface area (Å²) in [7, 11) is 0. The molecule has 1 aromatic carbocycles. The van der Waals surface area contributed by atoms with E-state index in [-0.39, 0.29) is 0 Å². The molecule has 104 valence electrons. The van der Waals surface area contributed by atoms with E-state index in [1.807, 2.05) is 0 Å². The number of amides is 3. The summed E-state index contributed by atoms with van der Waals surface area (Å²) in [4.78, 5) is 22.9. The number of carbonyl (C=O) groups excluding carboxylic acids is 2. The fourth-order valence-corrected chi connectivity index (χ4v) is 1.52. The van der Waals surface area contributed by atoms with Gasteiger partial charge in [0.05, 0.1) is 19.3 Å². The summed E-state index contributed by atoms with van der Waals surface area (Å²) >= 11 is 0. The van der Waals surface area contributed by atoms with Crippen molar-refractivity contribution in [3.8, 4) is 0 Å². The van der Waals surface area contributed by atoms with Gasteiger partial charge < -0.3 is 26.6 Å². The normalized spacial score (nSPS) is 11.9. The van der Waals surface area contributed by atoms with Crippen molar-refractivity contribution in [1.29, 1.82) is 0 Å². The maximum atomic E-state index is 12.0. The third kappa shape index (κ3) is 4.57. The molecule has 0 saturated carbocycles. The van der Waals surface area contributed by atoms with E-state index in [0.717, 1.165) is 0 Å². The van der Waals surface area contributed by atoms with Crippen molar-refractivity contribution in [1.82, 2.24) is 10.6 Å². The lowest BCUT2D eigenvalue weighted by molar-refractivity contribution is -0.124. The zero-order valence-electron chi connectivity index (χ0n) is 10.2. The molecular formula is C12H17N3O4. The van der Waals surface area contributed by atoms with Crippen molar-refractivity contribution in [3.63, 3.8) is 0 Å². The van der Waals surface area contributed by atoms with E-state index in [1.54, 1.807) is 30.3 Å². The lowest BCUT2D eigenvalue weighted by Crippen LogP contribution is -2.48. The smallest absolute Gasteiger partial charge is 0.313 e. The monoisotopic (exact) mass is 267 g/mol. The van der Waals surface area contributed by atoms with E-state index in [2.05, 4.69) is 10.6 Å². The Balaban J connectivity index is 2.85. The Morgan fingerprint density at radius 2 is 1.68 bits per heavy atom. The SMILES string of the molecule is NC(=O)NC(C(=O)NC(CO)CO)c1ccccc1. The standard InChI is InChI=1S/C12H17N3O4/c13-12(19)15-10(8-4-2-1-3-5-8)11(18)14-9(6-16)7-17/h1-5,9-10,16-17H,6-7H2,(H,14,18)(H3,13,15,19). The molecule has 0 aliphatic carbocycles. The zero-order chi connectivity index (χ0) is 14.3. The van der Waals surface area contributed by atoms with Crippen LogP contribution < -0.4 is 16.4 Å². The first-order valence-electron chi connectivity index (χ1n) is 5.71. The summed E-state index contributed by atoms with van der Waals surface area (Å²) in [5.74, 6) is -0.557. The van der Waals surface area contributed by atoms with Crippen LogP contribution in [0.5, 0.6) is 0 Å². The summed E-state index contributed by atoms with van der Waals surface area (Å²) in [6.45, 7) is -0.805. The lowest BCUT2D eigenvalue weighted by Gasteiger charge is -2.20. The number of aliphatic hydroxyl groups excluding tert-OH is 2. The number of nitrogens with two attached hydrogens (primary N) is 1. The molecule has 0 aliphatic rings. The van der Waals surface area contributed by atoms with Gasteiger partial charge in [-0.3, -0.25) is 4.79 Å². The van der Waals surface area contributed by atoms with E-state index in [1.165, 1.54) is 0 Å². The first-order valence-corrected chi connectivity index (χ1v) is 5.71. The number of rotatable bonds is 6. The minimum Gasteiger partial charge on any atom is -0.394 e. The van der Waals surface area contributed by atoms with Crippen LogP contribution in [0.1, 0.15) is 11.6 Å². The number of aliphatic hydroxyl groups is 2. The van der Waals surface area contributed by atoms with Gasteiger partial charge in [0, 0.05) is 0 Å². The highest BCUT2D eigenvalue weighted by Gasteiger charge is 2.23. The molecule has 1 rings (SSSR count). The maximum absolute atomic E-state index is 12.0. The minimum atomic E-state index is -0.973. The van der Waals surface area contributed by atoms with Crippen molar-refractivity contribution in [2.75, 3.05) is 13.2 Å². The van der Waals surface area contributed by atoms with Crippen LogP contribution in [-0.2, 0) is 4.79 Å². The van der Waals surface area contributed by atoms with Crippen molar-refractivity contribution in [2.24, 2.45) is 5.73 Å². The second kappa shape index (κ2) is 7.34. The van der Waals surface area contributed by atoms with Crippen molar-refractivity contribution < 1.29 is 19.8 Å². The highest BCUT2D eigenvalue weighted by Crippen LogP contribution is 2.12. The summed E-state index contributed by atoms with van der Waals surface area (Å²) in [6.07, 6.45) is 0. The number of carbonyl (C=O) groups is 2. The molecule has 0 bridgehead atoms. The van der Waals surface area contributed by atoms with Crippen molar-refractivity contribution in [3.05, 3.63) is 35.9 Å². The molecule has 6 N–H and O–H groups in total. The van der Waals surface area contributed by atoms with Gasteiger partial charge in [0.2, 0.25) is 5.91 Å². The van der Waals surface area contributed by atoms with Crippen LogP contribution in [-0.4, -0.2) is 41.4 Å². The number of hydrogen-bond acceptors (Lipinski definition) is 4. The second-order valence-corrected chi connectivity index (χ2v) is 3.92. The largest absolute Gasteiger partial charge is 0.394 e. The van der Waals surface area contributed by atoms with Gasteiger partial charge >= 0.3 is 6.03 Å². The Hall–Kier alpha value is -2.12. The molecule has 19 heavy (non-hydrogen) atoms. The van der Waals surface area contributed by atoms with Gasteiger partial charge in [0.25, 0.3) is 0 Å². The van der Waals surface area contributed by atoms with Crippen LogP contribution in [0.25, 0.3) is 0 Å². The molecule has 7 heteroatoms. The highest BCUT2D eigenvalue weighted by molar-refractivity contribution is 5.87. The Labute approximate surface area is 110 Å². The Kier molecular flexibility index (Phi) is 5.77. The molecule has 0 spiro atoms. The summed E-state index contributed by atoms with van der Waals surface area (Å²) in [5, 5.41) is 22.6. The average molecular weight is 267 g/mol. The van der Waals surface area contributed by atoms with Crippen LogP contribution in [0, 0.1) is 0 Å². The fraction of sp³-hybridized carbons (Fsp3) is 0.333. The maximum Gasteiger partial charge on any atom is 0.313 e. The number of benzene rings is 1. The first-order chi connectivity index (χ1) is 9.08. The van der Waals surface area contributed by atoms with Gasteiger partial charge in [-0.1, -0.05) is 30.3 Å². The van der Waals surface area contributed by atoms with Gasteiger partial charge in [-0.25, -0.2) is 4.79 Å². The molecule has 0 fully saturated rings. The van der Waals surface area contributed by atoms with E-state index >= 15 is 0 Å². The van der Waals surface area contributed by atoms with Crippen LogP contribution in [0.3, 0.4) is 0 Å². The Bertz CT molecular complexity index is 420. The quantitative estimate of drug-likeness (QED) is 0.447. The molecule has 1 atom stereocenters. The molecule has 1 unspecified atom stereocenters. The number of nitrogens with one attached hydrogen (secondary N) is 2. The molecule has 0 saturated heterocycles. The molecule has 1 aromatic rings. The van der Waals surface area contributed by atoms with Gasteiger partial charge in [-0.05, 0) is 5.56 Å². The van der Waals surface area contributed by atoms with Crippen LogP contribution in [0.4, 0.5) is 4.79 Å². The average Bonchev–Trinajstić information content (AvgIpc) is 2.42. The number of hydrogen-bond donors (Lipinski definition) is 5. The molecular weight excluding hydrogens is 250 g/mol. The zero-order valence-corrected chi connectivity index (χ0v) is 10.2. The van der Waals surface area contributed by atoms with Crippen molar-refractivity contribution in [2.45, 2.75) is 12.1 Å². The molecule has 0 heterocycles. The van der Waals surface area contributed by atoms with Crippen molar-refractivity contribution >= 4 is 11.9 Å². The van der Waals surface area contributed by atoms with E-state index in [0.29, 0.717) is 5.56 Å². The van der Waals surface area contributed by atoms with Gasteiger partial charge in [0.1, 0.15) is 6.04 Å². The lowest BCUT2D eigenvalue weighted by atomic mass is 10.1. The Morgan fingerprint density at radius 3 is 2.16 bits per heavy atom. The highest BCUT2D eigenvalue weighted by atomic mass is 16.3. The van der Waals surface area contributed by atoms with Crippen LogP contribution in [0.2, 0.25) is 0 Å². The molecule has 0 radical (unpaired) electrons. The summed E-state index contributed by atoms with van der Waals surface area (Å²) in [5.41, 5.74) is 5.58. The second-order valence-electron chi connectivity index (χ2n) is 3.92. The predicted molar refractivity (Wildman–Crippen MR) is 68.0 cm³/mol. The summed E-state index contributed by atoms with van der Waals surface area (Å²) in [6, 6.07) is 5.93. The summed E-state index contributed by atoms with van der Waals surface area (Å²) < 4.78 is 0. The van der Waals surface area contributed by atoms with E-state index in [9.17, 15) is 9.59 Å². The molecule has 7 nitrogen and oxygen atoms in total. The minimum absolute atomic E-state index is 0.402. The number of urea groups is 1. The number of primary amides is 1. The van der Waals surface area contributed by atoms with Gasteiger partial charge in [-0.15, -0.1) is 0 Å². The Morgan fingerprint density at radius 1 is 1.11 bits per heavy atom. The predicted octanol–water partition coefficient (Wildman–Crippen LogP) is -1.13. The topological polar surface area (TPSA) is 125 Å².